The lowest BCUT2D eigenvalue weighted by Crippen LogP contribution is -2.14. The van der Waals surface area contributed by atoms with Gasteiger partial charge < -0.3 is 11.1 Å². The summed E-state index contributed by atoms with van der Waals surface area (Å²) in [5, 5.41) is 8.55. The van der Waals surface area contributed by atoms with Crippen molar-refractivity contribution in [3.05, 3.63) is 47.5 Å². The number of nitrogens with zero attached hydrogens (tertiary/aromatic N) is 1. The van der Waals surface area contributed by atoms with Crippen LogP contribution in [-0.4, -0.2) is 21.1 Å². The Morgan fingerprint density at radius 2 is 2.22 bits per heavy atom. The second-order valence-corrected chi connectivity index (χ2v) is 3.94. The molecule has 0 unspecified atom stereocenters. The van der Waals surface area contributed by atoms with Gasteiger partial charge in [0.2, 0.25) is 0 Å². The number of aromatic nitrogens is 2. The molecule has 0 spiro atoms. The fourth-order valence-corrected chi connectivity index (χ4v) is 1.47. The summed E-state index contributed by atoms with van der Waals surface area (Å²) in [6, 6.07) is 4.12. The molecule has 7 heteroatoms. The Kier molecular flexibility index (Phi) is 3.33. The first-order valence-corrected chi connectivity index (χ1v) is 5.38. The average molecular weight is 264 g/mol. The molecule has 0 atom stereocenters. The number of hydrogen-bond acceptors (Lipinski definition) is 3. The third-order valence-electron chi connectivity index (χ3n) is 2.26. The number of thiocarbonyl (C=S) groups is 1. The standard InChI is InChI=1S/C11H9FN4OS/c12-8-3-6(10(13)18)1-2-9(8)16-11(17)7-4-14-15-5-7/h1-5H,(H2,13,18)(H,14,15)(H,16,17). The molecule has 0 saturated heterocycles. The number of halogens is 1. The Morgan fingerprint density at radius 1 is 1.44 bits per heavy atom. The van der Waals surface area contributed by atoms with Gasteiger partial charge in [0.25, 0.3) is 5.91 Å². The lowest BCUT2D eigenvalue weighted by Gasteiger charge is -2.06. The fourth-order valence-electron chi connectivity index (χ4n) is 1.34. The Morgan fingerprint density at radius 3 is 2.78 bits per heavy atom. The molecule has 0 fully saturated rings. The zero-order valence-electron chi connectivity index (χ0n) is 9.11. The molecule has 5 nitrogen and oxygen atoms in total. The van der Waals surface area contributed by atoms with Crippen LogP contribution in [0.1, 0.15) is 15.9 Å². The Balaban J connectivity index is 2.20. The predicted molar refractivity (Wildman–Crippen MR) is 68.8 cm³/mol. The number of anilines is 1. The van der Waals surface area contributed by atoms with E-state index in [2.05, 4.69) is 15.5 Å². The van der Waals surface area contributed by atoms with Crippen LogP contribution in [-0.2, 0) is 0 Å². The quantitative estimate of drug-likeness (QED) is 0.732. The van der Waals surface area contributed by atoms with Crippen LogP contribution in [0.3, 0.4) is 0 Å². The largest absolute Gasteiger partial charge is 0.389 e. The molecule has 1 aromatic heterocycles. The van der Waals surface area contributed by atoms with E-state index < -0.39 is 11.7 Å². The highest BCUT2D eigenvalue weighted by Crippen LogP contribution is 2.16. The van der Waals surface area contributed by atoms with Crippen LogP contribution in [0.15, 0.2) is 30.6 Å². The van der Waals surface area contributed by atoms with Crippen LogP contribution in [0.2, 0.25) is 0 Å². The van der Waals surface area contributed by atoms with Crippen molar-refractivity contribution >= 4 is 28.8 Å². The maximum absolute atomic E-state index is 13.7. The van der Waals surface area contributed by atoms with Crippen molar-refractivity contribution in [1.82, 2.24) is 10.2 Å². The number of H-pyrrole nitrogens is 1. The first kappa shape index (κ1) is 12.2. The van der Waals surface area contributed by atoms with Gasteiger partial charge in [-0.3, -0.25) is 9.89 Å². The zero-order chi connectivity index (χ0) is 13.1. The van der Waals surface area contributed by atoms with E-state index in [4.69, 9.17) is 18.0 Å². The fraction of sp³-hybridized carbons (Fsp3) is 0. The van der Waals surface area contributed by atoms with E-state index in [-0.39, 0.29) is 10.7 Å². The van der Waals surface area contributed by atoms with E-state index in [0.717, 1.165) is 0 Å². The number of amides is 1. The molecular weight excluding hydrogens is 255 g/mol. The first-order valence-electron chi connectivity index (χ1n) is 4.97. The van der Waals surface area contributed by atoms with Crippen LogP contribution in [0.5, 0.6) is 0 Å². The van der Waals surface area contributed by atoms with Gasteiger partial charge in [0, 0.05) is 11.8 Å². The van der Waals surface area contributed by atoms with E-state index in [1.54, 1.807) is 0 Å². The van der Waals surface area contributed by atoms with E-state index in [1.165, 1.54) is 30.6 Å². The van der Waals surface area contributed by atoms with Crippen molar-refractivity contribution in [1.29, 1.82) is 0 Å². The van der Waals surface area contributed by atoms with E-state index in [9.17, 15) is 9.18 Å². The average Bonchev–Trinajstić information content (AvgIpc) is 2.85. The number of hydrogen-bond donors (Lipinski definition) is 3. The predicted octanol–water partition coefficient (Wildman–Crippen LogP) is 1.44. The molecule has 2 aromatic rings. The molecule has 1 amide bonds. The molecule has 1 heterocycles. The lowest BCUT2D eigenvalue weighted by molar-refractivity contribution is 0.102. The van der Waals surface area contributed by atoms with Crippen LogP contribution in [0, 0.1) is 5.82 Å². The molecule has 18 heavy (non-hydrogen) atoms. The monoisotopic (exact) mass is 264 g/mol. The van der Waals surface area contributed by atoms with Gasteiger partial charge in [-0.05, 0) is 18.2 Å². The van der Waals surface area contributed by atoms with E-state index >= 15 is 0 Å². The second kappa shape index (κ2) is 4.92. The van der Waals surface area contributed by atoms with Gasteiger partial charge in [-0.1, -0.05) is 12.2 Å². The van der Waals surface area contributed by atoms with Crippen LogP contribution < -0.4 is 11.1 Å². The summed E-state index contributed by atoms with van der Waals surface area (Å²) in [5.41, 5.74) is 6.15. The Labute approximate surface area is 107 Å². The highest BCUT2D eigenvalue weighted by molar-refractivity contribution is 7.80. The molecule has 92 valence electrons. The number of rotatable bonds is 3. The molecule has 4 N–H and O–H groups in total. The molecule has 0 saturated carbocycles. The van der Waals surface area contributed by atoms with Crippen molar-refractivity contribution in [2.24, 2.45) is 5.73 Å². The Bertz CT molecular complexity index is 597. The molecule has 1 aromatic carbocycles. The van der Waals surface area contributed by atoms with Gasteiger partial charge in [-0.25, -0.2) is 4.39 Å². The number of aromatic amines is 1. The summed E-state index contributed by atoms with van der Waals surface area (Å²) in [5.74, 6) is -1.05. The summed E-state index contributed by atoms with van der Waals surface area (Å²) < 4.78 is 13.7. The molecule has 0 radical (unpaired) electrons. The van der Waals surface area contributed by atoms with Gasteiger partial charge >= 0.3 is 0 Å². The highest BCUT2D eigenvalue weighted by atomic mass is 32.1. The molecular formula is C11H9FN4OS. The van der Waals surface area contributed by atoms with Crippen LogP contribution in [0.25, 0.3) is 0 Å². The topological polar surface area (TPSA) is 83.8 Å². The SMILES string of the molecule is NC(=S)c1ccc(NC(=O)c2cn[nH]c2)c(F)c1. The zero-order valence-corrected chi connectivity index (χ0v) is 9.92. The summed E-state index contributed by atoms with van der Waals surface area (Å²) in [7, 11) is 0. The summed E-state index contributed by atoms with van der Waals surface area (Å²) in [4.78, 5) is 11.8. The highest BCUT2D eigenvalue weighted by Gasteiger charge is 2.11. The van der Waals surface area contributed by atoms with Crippen LogP contribution >= 0.6 is 12.2 Å². The van der Waals surface area contributed by atoms with E-state index in [1.807, 2.05) is 0 Å². The van der Waals surface area contributed by atoms with Gasteiger partial charge in [0.05, 0.1) is 17.4 Å². The van der Waals surface area contributed by atoms with Gasteiger partial charge in [0.1, 0.15) is 10.8 Å². The van der Waals surface area contributed by atoms with Crippen LogP contribution in [0.4, 0.5) is 10.1 Å². The number of nitrogens with one attached hydrogen (secondary N) is 2. The summed E-state index contributed by atoms with van der Waals surface area (Å²) in [6.07, 6.45) is 2.76. The van der Waals surface area contributed by atoms with Gasteiger partial charge in [-0.15, -0.1) is 0 Å². The van der Waals surface area contributed by atoms with Crippen molar-refractivity contribution in [2.75, 3.05) is 5.32 Å². The first-order chi connectivity index (χ1) is 8.58. The van der Waals surface area contributed by atoms with Gasteiger partial charge in [-0.2, -0.15) is 5.10 Å². The lowest BCUT2D eigenvalue weighted by atomic mass is 10.2. The van der Waals surface area contributed by atoms with E-state index in [0.29, 0.717) is 11.1 Å². The normalized spacial score (nSPS) is 10.1. The maximum Gasteiger partial charge on any atom is 0.258 e. The van der Waals surface area contributed by atoms with Crippen molar-refractivity contribution in [3.63, 3.8) is 0 Å². The van der Waals surface area contributed by atoms with Crippen molar-refractivity contribution < 1.29 is 9.18 Å². The molecule has 0 aliphatic carbocycles. The number of carbonyl (C=O) groups is 1. The molecule has 0 bridgehead atoms. The third kappa shape index (κ3) is 2.51. The minimum Gasteiger partial charge on any atom is -0.389 e. The molecule has 0 aliphatic heterocycles. The minimum absolute atomic E-state index is 0.0567. The summed E-state index contributed by atoms with van der Waals surface area (Å²) in [6.45, 7) is 0. The second-order valence-electron chi connectivity index (χ2n) is 3.50. The van der Waals surface area contributed by atoms with Crippen molar-refractivity contribution in [3.8, 4) is 0 Å². The number of benzene rings is 1. The smallest absolute Gasteiger partial charge is 0.258 e. The third-order valence-corrected chi connectivity index (χ3v) is 2.50. The number of carbonyl (C=O) groups excluding carboxylic acids is 1. The van der Waals surface area contributed by atoms with Crippen molar-refractivity contribution in [2.45, 2.75) is 0 Å². The summed E-state index contributed by atoms with van der Waals surface area (Å²) >= 11 is 4.73. The Hall–Kier alpha value is -2.28. The molecule has 2 rings (SSSR count). The minimum atomic E-state index is -0.600. The number of nitrogens with two attached hydrogens (primary N) is 1. The maximum atomic E-state index is 13.7. The van der Waals surface area contributed by atoms with Gasteiger partial charge in [0.15, 0.2) is 0 Å². The molecule has 0 aliphatic rings.